The molecule has 156 valence electrons. The molecule has 0 bridgehead atoms. The highest BCUT2D eigenvalue weighted by atomic mass is 16.4. The summed E-state index contributed by atoms with van der Waals surface area (Å²) in [5, 5.41) is 12.1. The second-order valence-corrected chi connectivity index (χ2v) is 7.77. The largest absolute Gasteiger partial charge is 0.444 e. The number of piperazine rings is 1. The number of fused-ring (bicyclic) bond motifs is 1. The molecule has 0 saturated carbocycles. The highest BCUT2D eigenvalue weighted by molar-refractivity contribution is 5.94. The van der Waals surface area contributed by atoms with Crippen molar-refractivity contribution in [1.29, 1.82) is 5.26 Å². The van der Waals surface area contributed by atoms with Crippen molar-refractivity contribution in [2.45, 2.75) is 33.4 Å². The average Bonchev–Trinajstić information content (AvgIpc) is 3.27. The number of pyridine rings is 1. The van der Waals surface area contributed by atoms with Crippen LogP contribution in [-0.4, -0.2) is 57.3 Å². The number of rotatable bonds is 5. The molecule has 1 amide bonds. The van der Waals surface area contributed by atoms with Crippen LogP contribution < -0.4 is 5.32 Å². The van der Waals surface area contributed by atoms with Crippen LogP contribution in [0.15, 0.2) is 35.0 Å². The molecule has 0 spiro atoms. The average molecular weight is 406 g/mol. The van der Waals surface area contributed by atoms with Gasteiger partial charge in [-0.25, -0.2) is 4.98 Å². The van der Waals surface area contributed by atoms with Crippen LogP contribution in [0.25, 0.3) is 5.65 Å². The van der Waals surface area contributed by atoms with Crippen LogP contribution in [0.4, 0.5) is 5.88 Å². The van der Waals surface area contributed by atoms with Gasteiger partial charge in [-0.3, -0.25) is 19.9 Å². The fraction of sp³-hybridized carbons (Fsp3) is 0.409. The van der Waals surface area contributed by atoms with Crippen LogP contribution in [-0.2, 0) is 11.3 Å². The maximum absolute atomic E-state index is 12.7. The molecule has 3 aromatic rings. The van der Waals surface area contributed by atoms with Gasteiger partial charge in [0, 0.05) is 50.7 Å². The Morgan fingerprint density at radius 2 is 2.07 bits per heavy atom. The van der Waals surface area contributed by atoms with Gasteiger partial charge < -0.3 is 8.82 Å². The third kappa shape index (κ3) is 3.95. The summed E-state index contributed by atoms with van der Waals surface area (Å²) in [6.07, 6.45) is 4.07. The number of nitrogens with one attached hydrogen (secondary N) is 1. The predicted molar refractivity (Wildman–Crippen MR) is 113 cm³/mol. The van der Waals surface area contributed by atoms with Gasteiger partial charge in [0.05, 0.1) is 11.7 Å². The molecule has 4 rings (SSSR count). The van der Waals surface area contributed by atoms with Crippen LogP contribution in [0.3, 0.4) is 0 Å². The van der Waals surface area contributed by atoms with Crippen molar-refractivity contribution >= 4 is 17.4 Å². The fourth-order valence-electron chi connectivity index (χ4n) is 3.83. The number of aromatic nitrogens is 2. The van der Waals surface area contributed by atoms with Crippen molar-refractivity contribution in [1.82, 2.24) is 19.2 Å². The summed E-state index contributed by atoms with van der Waals surface area (Å²) in [4.78, 5) is 21.9. The zero-order valence-corrected chi connectivity index (χ0v) is 17.6. The third-order valence-corrected chi connectivity index (χ3v) is 5.87. The number of carbonyl (C=O) groups excluding carboxylic acids is 1. The molecule has 3 aromatic heterocycles. The molecule has 1 saturated heterocycles. The van der Waals surface area contributed by atoms with Gasteiger partial charge in [0.2, 0.25) is 11.8 Å². The van der Waals surface area contributed by atoms with E-state index in [1.54, 1.807) is 6.92 Å². The first-order valence-corrected chi connectivity index (χ1v) is 10.2. The van der Waals surface area contributed by atoms with E-state index in [1.807, 2.05) is 42.6 Å². The van der Waals surface area contributed by atoms with E-state index >= 15 is 0 Å². The Morgan fingerprint density at radius 1 is 1.30 bits per heavy atom. The minimum Gasteiger partial charge on any atom is -0.444 e. The molecule has 8 nitrogen and oxygen atoms in total. The van der Waals surface area contributed by atoms with E-state index in [0.29, 0.717) is 11.3 Å². The maximum Gasteiger partial charge on any atom is 0.243 e. The second kappa shape index (κ2) is 8.30. The molecule has 0 aromatic carbocycles. The molecule has 1 aliphatic heterocycles. The number of carbonyl (C=O) groups is 1. The normalized spacial score (nSPS) is 16.5. The number of hydrogen-bond acceptors (Lipinski definition) is 6. The Morgan fingerprint density at radius 3 is 2.77 bits per heavy atom. The molecule has 1 N–H and O–H groups in total. The number of amides is 1. The van der Waals surface area contributed by atoms with Gasteiger partial charge in [0.1, 0.15) is 23.0 Å². The van der Waals surface area contributed by atoms with Crippen LogP contribution in [0.1, 0.15) is 29.5 Å². The van der Waals surface area contributed by atoms with Gasteiger partial charge in [-0.05, 0) is 32.9 Å². The Kier molecular flexibility index (Phi) is 5.57. The molecule has 1 fully saturated rings. The molecule has 0 radical (unpaired) electrons. The molecule has 1 aliphatic rings. The van der Waals surface area contributed by atoms with Crippen LogP contribution in [0.2, 0.25) is 0 Å². The summed E-state index contributed by atoms with van der Waals surface area (Å²) in [6.45, 7) is 9.62. The topological polar surface area (TPSA) is 89.8 Å². The minimum atomic E-state index is -0.306. The van der Waals surface area contributed by atoms with Gasteiger partial charge in [-0.1, -0.05) is 6.07 Å². The van der Waals surface area contributed by atoms with E-state index in [1.165, 1.54) is 0 Å². The number of nitrogens with zero attached hydrogens (tertiary/aromatic N) is 5. The number of furan rings is 1. The zero-order valence-electron chi connectivity index (χ0n) is 17.6. The van der Waals surface area contributed by atoms with Gasteiger partial charge in [-0.2, -0.15) is 5.26 Å². The number of aryl methyl sites for hydroxylation is 1. The van der Waals surface area contributed by atoms with Gasteiger partial charge in [0.25, 0.3) is 0 Å². The Balaban J connectivity index is 1.32. The second-order valence-electron chi connectivity index (χ2n) is 7.77. The molecule has 1 atom stereocenters. The lowest BCUT2D eigenvalue weighted by atomic mass is 10.1. The fourth-order valence-corrected chi connectivity index (χ4v) is 3.83. The molecule has 8 heteroatoms. The predicted octanol–water partition coefficient (Wildman–Crippen LogP) is 2.56. The summed E-state index contributed by atoms with van der Waals surface area (Å²) in [7, 11) is 0. The molecular weight excluding hydrogens is 380 g/mol. The summed E-state index contributed by atoms with van der Waals surface area (Å²) in [5.41, 5.74) is 3.16. The first kappa shape index (κ1) is 20.1. The van der Waals surface area contributed by atoms with Gasteiger partial charge in [-0.15, -0.1) is 0 Å². The summed E-state index contributed by atoms with van der Waals surface area (Å²) in [6, 6.07) is 7.79. The third-order valence-electron chi connectivity index (χ3n) is 5.87. The van der Waals surface area contributed by atoms with Crippen molar-refractivity contribution < 1.29 is 9.21 Å². The van der Waals surface area contributed by atoms with Crippen molar-refractivity contribution in [3.63, 3.8) is 0 Å². The number of imidazole rings is 1. The highest BCUT2D eigenvalue weighted by Crippen LogP contribution is 2.25. The standard InChI is InChI=1S/C22H26N6O2/c1-15-17(3)30-22(19(15)12-23)25-21(29)16(2)27-10-8-26(9-11-27)13-18-14-28-7-5-4-6-20(28)24-18/h4-7,14,16H,8-11,13H2,1-3H3,(H,25,29). The maximum atomic E-state index is 12.7. The first-order valence-electron chi connectivity index (χ1n) is 10.2. The van der Waals surface area contributed by atoms with Gasteiger partial charge >= 0.3 is 0 Å². The Hall–Kier alpha value is -3.15. The van der Waals surface area contributed by atoms with E-state index < -0.39 is 0 Å². The van der Waals surface area contributed by atoms with Crippen LogP contribution in [0.5, 0.6) is 0 Å². The zero-order chi connectivity index (χ0) is 21.3. The Labute approximate surface area is 175 Å². The Bertz CT molecular complexity index is 1070. The van der Waals surface area contributed by atoms with E-state index in [-0.39, 0.29) is 17.8 Å². The first-order chi connectivity index (χ1) is 14.5. The van der Waals surface area contributed by atoms with Crippen LogP contribution >= 0.6 is 0 Å². The minimum absolute atomic E-state index is 0.158. The number of nitriles is 1. The van der Waals surface area contributed by atoms with Gasteiger partial charge in [0.15, 0.2) is 0 Å². The summed E-state index contributed by atoms with van der Waals surface area (Å²) >= 11 is 0. The van der Waals surface area contributed by atoms with E-state index in [4.69, 9.17) is 4.42 Å². The van der Waals surface area contributed by atoms with E-state index in [9.17, 15) is 10.1 Å². The summed E-state index contributed by atoms with van der Waals surface area (Å²) < 4.78 is 7.60. The smallest absolute Gasteiger partial charge is 0.243 e. The quantitative estimate of drug-likeness (QED) is 0.700. The molecule has 4 heterocycles. The SMILES string of the molecule is Cc1oc(NC(=O)C(C)N2CCN(Cc3cn4ccccc4n3)CC2)c(C#N)c1C. The molecule has 0 aliphatic carbocycles. The lowest BCUT2D eigenvalue weighted by molar-refractivity contribution is -0.121. The number of anilines is 1. The van der Waals surface area contributed by atoms with Crippen molar-refractivity contribution in [2.24, 2.45) is 0 Å². The number of hydrogen-bond donors (Lipinski definition) is 1. The van der Waals surface area contributed by atoms with E-state index in [0.717, 1.165) is 49.6 Å². The highest BCUT2D eigenvalue weighted by Gasteiger charge is 2.27. The lowest BCUT2D eigenvalue weighted by Crippen LogP contribution is -2.52. The molecule has 1 unspecified atom stereocenters. The molecule has 30 heavy (non-hydrogen) atoms. The van der Waals surface area contributed by atoms with Crippen molar-refractivity contribution in [3.8, 4) is 6.07 Å². The van der Waals surface area contributed by atoms with Crippen molar-refractivity contribution in [2.75, 3.05) is 31.5 Å². The lowest BCUT2D eigenvalue weighted by Gasteiger charge is -2.37. The molecular formula is C22H26N6O2. The summed E-state index contributed by atoms with van der Waals surface area (Å²) in [5.74, 6) is 0.735. The van der Waals surface area contributed by atoms with Crippen LogP contribution in [0, 0.1) is 25.2 Å². The van der Waals surface area contributed by atoms with Crippen molar-refractivity contribution in [3.05, 3.63) is 53.2 Å². The monoisotopic (exact) mass is 406 g/mol. The van der Waals surface area contributed by atoms with E-state index in [2.05, 4.69) is 32.4 Å².